The highest BCUT2D eigenvalue weighted by Gasteiger charge is 2.26. The molecule has 25 heavy (non-hydrogen) atoms. The van der Waals surface area contributed by atoms with E-state index in [-0.39, 0.29) is 0 Å². The Hall–Kier alpha value is -2.00. The van der Waals surface area contributed by atoms with Gasteiger partial charge in [-0.05, 0) is 39.9 Å². The van der Waals surface area contributed by atoms with Crippen molar-refractivity contribution in [3.8, 4) is 0 Å². The number of piperidine rings is 1. The van der Waals surface area contributed by atoms with E-state index < -0.39 is 0 Å². The van der Waals surface area contributed by atoms with E-state index in [0.29, 0.717) is 17.8 Å². The van der Waals surface area contributed by atoms with Crippen LogP contribution in [0.1, 0.15) is 36.3 Å². The maximum atomic E-state index is 5.46. The van der Waals surface area contributed by atoms with Gasteiger partial charge in [0.25, 0.3) is 0 Å². The number of hydrogen-bond acceptors (Lipinski definition) is 9. The first-order valence-corrected chi connectivity index (χ1v) is 8.96. The maximum Gasteiger partial charge on any atom is 0.324 e. The molecule has 0 amide bonds. The topological polar surface area (TPSA) is 87.6 Å². The predicted molar refractivity (Wildman–Crippen MR) is 90.3 cm³/mol. The van der Waals surface area contributed by atoms with Crippen molar-refractivity contribution in [3.63, 3.8) is 0 Å². The molecule has 9 nitrogen and oxygen atoms in total. The first-order chi connectivity index (χ1) is 12.2. The Kier molecular flexibility index (Phi) is 4.67. The fourth-order valence-electron chi connectivity index (χ4n) is 3.45. The zero-order valence-corrected chi connectivity index (χ0v) is 14.9. The average Bonchev–Trinajstić information content (AvgIpc) is 3.26. The fourth-order valence-corrected chi connectivity index (χ4v) is 3.45. The predicted octanol–water partition coefficient (Wildman–Crippen LogP) is 0.892. The van der Waals surface area contributed by atoms with Gasteiger partial charge in [-0.2, -0.15) is 9.97 Å². The summed E-state index contributed by atoms with van der Waals surface area (Å²) in [6, 6.07) is 0.652. The molecule has 0 atom stereocenters. The van der Waals surface area contributed by atoms with Crippen LogP contribution in [-0.4, -0.2) is 76.4 Å². The van der Waals surface area contributed by atoms with Gasteiger partial charge in [0.1, 0.15) is 0 Å². The molecule has 2 aliphatic heterocycles. The first kappa shape index (κ1) is 16.5. The second kappa shape index (κ2) is 7.09. The van der Waals surface area contributed by atoms with Crippen LogP contribution in [0.4, 0.5) is 6.01 Å². The zero-order chi connectivity index (χ0) is 17.2. The van der Waals surface area contributed by atoms with Crippen LogP contribution in [0.25, 0.3) is 0 Å². The molecule has 0 spiro atoms. The molecule has 9 heteroatoms. The first-order valence-electron chi connectivity index (χ1n) is 8.96. The number of nitrogens with zero attached hydrogens (tertiary/aromatic N) is 7. The van der Waals surface area contributed by atoms with Crippen molar-refractivity contribution in [2.45, 2.75) is 32.2 Å². The molecule has 0 radical (unpaired) electrons. The SMILES string of the molecule is Cc1noc(C2CCN(Cc3noc(N4CCN(C)CC4)n3)CC2)n1. The molecule has 0 N–H and O–H groups in total. The van der Waals surface area contributed by atoms with Crippen molar-refractivity contribution in [2.24, 2.45) is 0 Å². The van der Waals surface area contributed by atoms with Gasteiger partial charge in [-0.15, -0.1) is 0 Å². The molecule has 0 unspecified atom stereocenters. The minimum Gasteiger partial charge on any atom is -0.339 e. The Morgan fingerprint density at radius 2 is 1.72 bits per heavy atom. The van der Waals surface area contributed by atoms with Crippen molar-refractivity contribution in [1.29, 1.82) is 0 Å². The minimum atomic E-state index is 0.364. The largest absolute Gasteiger partial charge is 0.339 e. The summed E-state index contributed by atoms with van der Waals surface area (Å²) in [7, 11) is 2.13. The van der Waals surface area contributed by atoms with Crippen LogP contribution in [0.3, 0.4) is 0 Å². The summed E-state index contributed by atoms with van der Waals surface area (Å²) < 4.78 is 10.8. The van der Waals surface area contributed by atoms with Crippen LogP contribution >= 0.6 is 0 Å². The van der Waals surface area contributed by atoms with E-state index in [0.717, 1.165) is 70.4 Å². The third-order valence-corrected chi connectivity index (χ3v) is 5.08. The molecular weight excluding hydrogens is 322 g/mol. The monoisotopic (exact) mass is 347 g/mol. The van der Waals surface area contributed by atoms with Gasteiger partial charge in [-0.25, -0.2) is 0 Å². The molecule has 4 heterocycles. The average molecular weight is 347 g/mol. The third kappa shape index (κ3) is 3.82. The summed E-state index contributed by atoms with van der Waals surface area (Å²) in [5.41, 5.74) is 0. The summed E-state index contributed by atoms with van der Waals surface area (Å²) in [5.74, 6) is 2.61. The molecule has 2 aromatic rings. The summed E-state index contributed by atoms with van der Waals surface area (Å²) in [6.45, 7) is 8.47. The molecule has 2 aromatic heterocycles. The number of aromatic nitrogens is 4. The lowest BCUT2D eigenvalue weighted by Gasteiger charge is -2.30. The number of aryl methyl sites for hydroxylation is 1. The van der Waals surface area contributed by atoms with Crippen LogP contribution in [-0.2, 0) is 6.54 Å². The van der Waals surface area contributed by atoms with E-state index in [1.54, 1.807) is 0 Å². The normalized spacial score (nSPS) is 21.1. The minimum absolute atomic E-state index is 0.364. The molecule has 0 aromatic carbocycles. The molecule has 0 aliphatic carbocycles. The Morgan fingerprint density at radius 3 is 2.40 bits per heavy atom. The summed E-state index contributed by atoms with van der Waals surface area (Å²) >= 11 is 0. The fraction of sp³-hybridized carbons (Fsp3) is 0.750. The van der Waals surface area contributed by atoms with Crippen molar-refractivity contribution < 1.29 is 9.05 Å². The number of piperazine rings is 1. The van der Waals surface area contributed by atoms with E-state index in [1.807, 2.05) is 6.92 Å². The zero-order valence-electron chi connectivity index (χ0n) is 14.9. The molecular formula is C16H25N7O2. The standard InChI is InChI=1S/C16H25N7O2/c1-12-17-15(24-19-12)13-3-5-22(6-4-13)11-14-18-16(25-20-14)23-9-7-21(2)8-10-23/h13H,3-11H2,1-2H3. The van der Waals surface area contributed by atoms with Crippen molar-refractivity contribution in [3.05, 3.63) is 17.5 Å². The highest BCUT2D eigenvalue weighted by molar-refractivity contribution is 5.25. The molecule has 0 saturated carbocycles. The second-order valence-electron chi connectivity index (χ2n) is 7.01. The molecule has 2 fully saturated rings. The highest BCUT2D eigenvalue weighted by atomic mass is 16.5. The van der Waals surface area contributed by atoms with Gasteiger partial charge in [-0.1, -0.05) is 10.3 Å². The van der Waals surface area contributed by atoms with Crippen LogP contribution < -0.4 is 4.90 Å². The molecule has 2 aliphatic rings. The maximum absolute atomic E-state index is 5.46. The van der Waals surface area contributed by atoms with Gasteiger partial charge >= 0.3 is 6.01 Å². The lowest BCUT2D eigenvalue weighted by Crippen LogP contribution is -2.44. The third-order valence-electron chi connectivity index (χ3n) is 5.08. The lowest BCUT2D eigenvalue weighted by molar-refractivity contribution is 0.182. The van der Waals surface area contributed by atoms with Gasteiger partial charge in [-0.3, -0.25) is 4.90 Å². The van der Waals surface area contributed by atoms with Gasteiger partial charge < -0.3 is 18.8 Å². The van der Waals surface area contributed by atoms with Crippen molar-refractivity contribution in [2.75, 3.05) is 51.2 Å². The second-order valence-corrected chi connectivity index (χ2v) is 7.01. The van der Waals surface area contributed by atoms with Crippen molar-refractivity contribution >= 4 is 6.01 Å². The Balaban J connectivity index is 1.29. The summed E-state index contributed by atoms with van der Waals surface area (Å²) in [4.78, 5) is 15.8. The van der Waals surface area contributed by atoms with Crippen LogP contribution in [0.2, 0.25) is 0 Å². The number of likely N-dealkylation sites (tertiary alicyclic amines) is 1. The molecule has 4 rings (SSSR count). The number of hydrogen-bond donors (Lipinski definition) is 0. The highest BCUT2D eigenvalue weighted by Crippen LogP contribution is 2.27. The molecule has 136 valence electrons. The smallest absolute Gasteiger partial charge is 0.324 e. The number of likely N-dealkylation sites (N-methyl/N-ethyl adjacent to an activating group) is 1. The van der Waals surface area contributed by atoms with Gasteiger partial charge in [0.2, 0.25) is 5.89 Å². The van der Waals surface area contributed by atoms with Gasteiger partial charge in [0.15, 0.2) is 11.6 Å². The van der Waals surface area contributed by atoms with E-state index >= 15 is 0 Å². The molecule has 2 saturated heterocycles. The molecule has 0 bridgehead atoms. The van der Waals surface area contributed by atoms with E-state index in [9.17, 15) is 0 Å². The lowest BCUT2D eigenvalue weighted by atomic mass is 9.97. The van der Waals surface area contributed by atoms with Gasteiger partial charge in [0, 0.05) is 32.1 Å². The summed E-state index contributed by atoms with van der Waals surface area (Å²) in [6.07, 6.45) is 2.04. The van der Waals surface area contributed by atoms with E-state index in [4.69, 9.17) is 9.05 Å². The quantitative estimate of drug-likeness (QED) is 0.800. The van der Waals surface area contributed by atoms with Crippen LogP contribution in [0, 0.1) is 6.92 Å². The van der Waals surface area contributed by atoms with E-state index in [2.05, 4.69) is 42.0 Å². The summed E-state index contributed by atoms with van der Waals surface area (Å²) in [5, 5.41) is 8.05. The van der Waals surface area contributed by atoms with Crippen molar-refractivity contribution in [1.82, 2.24) is 30.1 Å². The Morgan fingerprint density at radius 1 is 0.960 bits per heavy atom. The Bertz CT molecular complexity index is 684. The van der Waals surface area contributed by atoms with E-state index in [1.165, 1.54) is 0 Å². The van der Waals surface area contributed by atoms with Gasteiger partial charge in [0.05, 0.1) is 6.54 Å². The number of anilines is 1. The number of rotatable bonds is 4. The Labute approximate surface area is 147 Å². The van der Waals surface area contributed by atoms with Crippen LogP contribution in [0.5, 0.6) is 0 Å². The van der Waals surface area contributed by atoms with Crippen LogP contribution in [0.15, 0.2) is 9.05 Å².